The Morgan fingerprint density at radius 3 is 1.52 bits per heavy atom. The number of hydrogen-bond acceptors (Lipinski definition) is 11. The maximum atomic E-state index is 14.2. The number of fused-ring (bicyclic) bond motifs is 1. The van der Waals surface area contributed by atoms with Crippen LogP contribution in [0.5, 0.6) is 0 Å². The molecular formula is C52H44N4O11. The second-order valence-electron chi connectivity index (χ2n) is 15.7. The van der Waals surface area contributed by atoms with Gasteiger partial charge in [-0.3, -0.25) is 33.6 Å². The fourth-order valence-electron chi connectivity index (χ4n) is 6.95. The average molecular weight is 901 g/mol. The SMILES string of the molecule is C=CC(=O)COC(=O)c1ccc(C(C)(C)c2ccc(C(=O)OCC(=O)C=O)c(C(=O)NC)c2)cc1C(=O)Nc1cccc(C(=O)Nc2ccc3cc(NC(=O)c4cccc(C)c4)ccc3c2)c1. The highest BCUT2D eigenvalue weighted by atomic mass is 16.5. The molecule has 0 aliphatic rings. The first-order valence-corrected chi connectivity index (χ1v) is 20.6. The lowest BCUT2D eigenvalue weighted by Gasteiger charge is -2.28. The van der Waals surface area contributed by atoms with E-state index in [4.69, 9.17) is 9.47 Å². The van der Waals surface area contributed by atoms with Crippen LogP contribution in [0.15, 0.2) is 134 Å². The van der Waals surface area contributed by atoms with Crippen molar-refractivity contribution >= 4 is 81.3 Å². The molecule has 6 rings (SSSR count). The van der Waals surface area contributed by atoms with Crippen LogP contribution in [0.4, 0.5) is 17.1 Å². The second kappa shape index (κ2) is 20.8. The average Bonchev–Trinajstić information content (AvgIpc) is 3.33. The van der Waals surface area contributed by atoms with Crippen LogP contribution in [0.2, 0.25) is 0 Å². The fraction of sp³-hybridized carbons (Fsp3) is 0.135. The van der Waals surface area contributed by atoms with Crippen LogP contribution in [0.25, 0.3) is 10.8 Å². The molecule has 4 N–H and O–H groups in total. The first kappa shape index (κ1) is 47.6. The smallest absolute Gasteiger partial charge is 0.339 e. The lowest BCUT2D eigenvalue weighted by atomic mass is 9.76. The third kappa shape index (κ3) is 11.5. The van der Waals surface area contributed by atoms with E-state index in [9.17, 15) is 43.2 Å². The maximum absolute atomic E-state index is 14.2. The lowest BCUT2D eigenvalue weighted by molar-refractivity contribution is -0.131. The minimum absolute atomic E-state index is 0.0117. The minimum atomic E-state index is -1.02. The van der Waals surface area contributed by atoms with Crippen molar-refractivity contribution in [1.82, 2.24) is 5.32 Å². The van der Waals surface area contributed by atoms with E-state index in [1.165, 1.54) is 37.4 Å². The Hall–Kier alpha value is -8.85. The van der Waals surface area contributed by atoms with Crippen molar-refractivity contribution in [3.8, 4) is 0 Å². The number of amides is 4. The summed E-state index contributed by atoms with van der Waals surface area (Å²) in [4.78, 5) is 114. The van der Waals surface area contributed by atoms with Gasteiger partial charge in [0, 0.05) is 40.7 Å². The summed E-state index contributed by atoms with van der Waals surface area (Å²) in [6.07, 6.45) is 1.00. The molecule has 4 amide bonds. The summed E-state index contributed by atoms with van der Waals surface area (Å²) in [6, 6.07) is 32.8. The maximum Gasteiger partial charge on any atom is 0.339 e. The molecule has 0 fully saturated rings. The number of nitrogens with one attached hydrogen (secondary N) is 4. The summed E-state index contributed by atoms with van der Waals surface area (Å²) in [6.45, 7) is 7.41. The highest BCUT2D eigenvalue weighted by molar-refractivity contribution is 6.26. The monoisotopic (exact) mass is 900 g/mol. The number of carbonyl (C=O) groups is 9. The number of ether oxygens (including phenoxy) is 2. The lowest BCUT2D eigenvalue weighted by Crippen LogP contribution is -2.26. The molecule has 0 aliphatic carbocycles. The van der Waals surface area contributed by atoms with Crippen molar-refractivity contribution in [1.29, 1.82) is 0 Å². The van der Waals surface area contributed by atoms with E-state index in [0.717, 1.165) is 22.4 Å². The van der Waals surface area contributed by atoms with Crippen LogP contribution in [-0.2, 0) is 29.3 Å². The van der Waals surface area contributed by atoms with Crippen molar-refractivity contribution in [2.75, 3.05) is 36.2 Å². The molecule has 0 bridgehead atoms. The van der Waals surface area contributed by atoms with Crippen LogP contribution in [-0.4, -0.2) is 73.7 Å². The van der Waals surface area contributed by atoms with Gasteiger partial charge in [0.2, 0.25) is 5.78 Å². The van der Waals surface area contributed by atoms with Gasteiger partial charge in [0.05, 0.1) is 22.3 Å². The molecule has 0 unspecified atom stereocenters. The highest BCUT2D eigenvalue weighted by Crippen LogP contribution is 2.35. The third-order valence-electron chi connectivity index (χ3n) is 10.7. The predicted molar refractivity (Wildman–Crippen MR) is 251 cm³/mol. The standard InChI is InChI=1S/C52H44N4O11/c1-6-40(58)28-66-51(65)43-20-16-36(52(3,4)35-15-19-42(44(25-35)48(62)53-5)50(64)67-29-41(59)27-57)26-45(43)49(63)56-37-12-8-11-34(24-37)47(61)55-39-18-14-31-22-38(17-13-32(31)23-39)54-46(60)33-10-7-9-30(2)21-33/h6-27H,1,28-29H2,2-5H3,(H,53,62)(H,54,60)(H,55,61)(H,56,63). The topological polar surface area (TPSA) is 220 Å². The van der Waals surface area contributed by atoms with Crippen LogP contribution in [0, 0.1) is 6.92 Å². The van der Waals surface area contributed by atoms with Gasteiger partial charge >= 0.3 is 11.9 Å². The third-order valence-corrected chi connectivity index (χ3v) is 10.7. The number of rotatable bonds is 17. The van der Waals surface area contributed by atoms with E-state index < -0.39 is 59.9 Å². The summed E-state index contributed by atoms with van der Waals surface area (Å²) in [5.74, 6) is -5.67. The number of hydrogen-bond donors (Lipinski definition) is 4. The van der Waals surface area contributed by atoms with Gasteiger partial charge in [0.15, 0.2) is 25.3 Å². The van der Waals surface area contributed by atoms with Crippen molar-refractivity contribution < 1.29 is 52.6 Å². The molecule has 0 heterocycles. The van der Waals surface area contributed by atoms with Gasteiger partial charge in [-0.05, 0) is 114 Å². The van der Waals surface area contributed by atoms with E-state index in [-0.39, 0.29) is 45.7 Å². The summed E-state index contributed by atoms with van der Waals surface area (Å²) < 4.78 is 10.1. The minimum Gasteiger partial charge on any atom is -0.454 e. The molecule has 338 valence electrons. The largest absolute Gasteiger partial charge is 0.454 e. The molecule has 0 aromatic heterocycles. The molecule has 0 saturated carbocycles. The fourth-order valence-corrected chi connectivity index (χ4v) is 6.95. The van der Waals surface area contributed by atoms with E-state index in [1.54, 1.807) is 74.5 Å². The van der Waals surface area contributed by atoms with E-state index in [2.05, 4.69) is 27.8 Å². The zero-order chi connectivity index (χ0) is 48.4. The summed E-state index contributed by atoms with van der Waals surface area (Å²) in [7, 11) is 1.36. The molecule has 6 aromatic rings. The molecule has 15 nitrogen and oxygen atoms in total. The second-order valence-corrected chi connectivity index (χ2v) is 15.7. The Kier molecular flexibility index (Phi) is 14.8. The number of anilines is 3. The van der Waals surface area contributed by atoms with Gasteiger partial charge in [0.25, 0.3) is 23.6 Å². The summed E-state index contributed by atoms with van der Waals surface area (Å²) in [5.41, 5.74) is 2.33. The Morgan fingerprint density at radius 2 is 1.01 bits per heavy atom. The van der Waals surface area contributed by atoms with Gasteiger partial charge in [-0.25, -0.2) is 9.59 Å². The number of benzene rings is 6. The van der Waals surface area contributed by atoms with Crippen LogP contribution in [0.1, 0.15) is 92.7 Å². The van der Waals surface area contributed by atoms with Crippen molar-refractivity contribution in [2.45, 2.75) is 26.2 Å². The number of Topliss-reactive ketones (excluding diaryl/α,β-unsaturated/α-hetero) is 1. The first-order chi connectivity index (χ1) is 32.0. The number of esters is 2. The van der Waals surface area contributed by atoms with E-state index in [1.807, 2.05) is 37.3 Å². The van der Waals surface area contributed by atoms with E-state index in [0.29, 0.717) is 28.1 Å². The predicted octanol–water partition coefficient (Wildman–Crippen LogP) is 7.43. The Balaban J connectivity index is 1.24. The first-order valence-electron chi connectivity index (χ1n) is 20.6. The van der Waals surface area contributed by atoms with Crippen molar-refractivity contribution in [3.63, 3.8) is 0 Å². The quantitative estimate of drug-likeness (QED) is 0.0305. The number of aryl methyl sites for hydroxylation is 1. The summed E-state index contributed by atoms with van der Waals surface area (Å²) in [5, 5.41) is 12.6. The van der Waals surface area contributed by atoms with Gasteiger partial charge < -0.3 is 30.7 Å². The van der Waals surface area contributed by atoms with Gasteiger partial charge in [-0.15, -0.1) is 0 Å². The molecule has 0 atom stereocenters. The molecule has 0 spiro atoms. The highest BCUT2D eigenvalue weighted by Gasteiger charge is 2.30. The molecular weight excluding hydrogens is 857 g/mol. The number of carbonyl (C=O) groups excluding carboxylic acids is 9. The zero-order valence-corrected chi connectivity index (χ0v) is 36.8. The normalized spacial score (nSPS) is 10.8. The molecule has 67 heavy (non-hydrogen) atoms. The zero-order valence-electron chi connectivity index (χ0n) is 36.8. The van der Waals surface area contributed by atoms with Crippen LogP contribution >= 0.6 is 0 Å². The Bertz CT molecular complexity index is 3030. The van der Waals surface area contributed by atoms with Crippen molar-refractivity contribution in [2.24, 2.45) is 0 Å². The molecule has 6 aromatic carbocycles. The Labute approximate surface area is 384 Å². The van der Waals surface area contributed by atoms with Crippen LogP contribution in [0.3, 0.4) is 0 Å². The number of ketones is 2. The van der Waals surface area contributed by atoms with Gasteiger partial charge in [0.1, 0.15) is 0 Å². The molecule has 15 heteroatoms. The molecule has 0 radical (unpaired) electrons. The molecule has 0 aliphatic heterocycles. The summed E-state index contributed by atoms with van der Waals surface area (Å²) >= 11 is 0. The van der Waals surface area contributed by atoms with E-state index >= 15 is 0 Å². The van der Waals surface area contributed by atoms with Crippen LogP contribution < -0.4 is 21.3 Å². The molecule has 0 saturated heterocycles. The Morgan fingerprint density at radius 1 is 0.537 bits per heavy atom. The van der Waals surface area contributed by atoms with Gasteiger partial charge in [-0.2, -0.15) is 0 Å². The number of aldehydes is 1. The van der Waals surface area contributed by atoms with Crippen molar-refractivity contribution in [3.05, 3.63) is 184 Å². The van der Waals surface area contributed by atoms with Gasteiger partial charge in [-0.1, -0.05) is 68.5 Å².